The zero-order valence-corrected chi connectivity index (χ0v) is 30.4. The Hall–Kier alpha value is -6.74. The summed E-state index contributed by atoms with van der Waals surface area (Å²) >= 11 is 1.86. The monoisotopic (exact) mass is 705 g/mol. The summed E-state index contributed by atoms with van der Waals surface area (Å²) in [4.78, 5) is 2.42. The topological polar surface area (TPSA) is 3.24 Å². The van der Waals surface area contributed by atoms with Gasteiger partial charge in [-0.25, -0.2) is 0 Å². The minimum atomic E-state index is 1.12. The highest BCUT2D eigenvalue weighted by Crippen LogP contribution is 2.45. The van der Waals surface area contributed by atoms with E-state index in [2.05, 4.69) is 217 Å². The van der Waals surface area contributed by atoms with E-state index >= 15 is 0 Å². The molecule has 10 rings (SSSR count). The number of thiophene rings is 1. The lowest BCUT2D eigenvalue weighted by Gasteiger charge is -2.27. The molecule has 0 aliphatic heterocycles. The summed E-state index contributed by atoms with van der Waals surface area (Å²) in [5.41, 5.74) is 13.2. The third-order valence-corrected chi connectivity index (χ3v) is 11.6. The first-order valence-corrected chi connectivity index (χ1v) is 19.2. The van der Waals surface area contributed by atoms with Gasteiger partial charge >= 0.3 is 0 Å². The molecular formula is C52H35NS. The third-order valence-electron chi connectivity index (χ3n) is 10.5. The summed E-state index contributed by atoms with van der Waals surface area (Å²) in [5.74, 6) is 0. The quantitative estimate of drug-likeness (QED) is 0.160. The molecule has 0 spiro atoms. The number of nitrogens with zero attached hydrogens (tertiary/aromatic N) is 1. The summed E-state index contributed by atoms with van der Waals surface area (Å²) in [7, 11) is 0. The number of hydrogen-bond acceptors (Lipinski definition) is 2. The molecule has 254 valence electrons. The summed E-state index contributed by atoms with van der Waals surface area (Å²) in [5, 5.41) is 5.05. The van der Waals surface area contributed by atoms with Gasteiger partial charge in [0.2, 0.25) is 0 Å². The van der Waals surface area contributed by atoms with Crippen molar-refractivity contribution in [1.82, 2.24) is 0 Å². The van der Waals surface area contributed by atoms with E-state index in [1.54, 1.807) is 0 Å². The summed E-state index contributed by atoms with van der Waals surface area (Å²) in [6.07, 6.45) is 0. The van der Waals surface area contributed by atoms with Crippen LogP contribution in [0.5, 0.6) is 0 Å². The van der Waals surface area contributed by atoms with Crippen LogP contribution in [0.2, 0.25) is 0 Å². The van der Waals surface area contributed by atoms with E-state index in [0.29, 0.717) is 0 Å². The standard InChI is InChI=1S/C52H35NS/c1-3-13-36(14-4-1)37-27-31-42(32-28-37)53(49-22-12-24-51-52(49)47-20-9-10-23-50(47)54-51)43-33-29-38(30-34-43)41-26-25-40-17-11-21-46(48(40)35-41)45-19-8-7-18-44(45)39-15-5-2-6-16-39/h1-35H. The summed E-state index contributed by atoms with van der Waals surface area (Å²) < 4.78 is 2.59. The molecule has 2 heteroatoms. The zero-order valence-electron chi connectivity index (χ0n) is 29.6. The smallest absolute Gasteiger partial charge is 0.0554 e. The highest BCUT2D eigenvalue weighted by atomic mass is 32.1. The lowest BCUT2D eigenvalue weighted by atomic mass is 9.90. The molecule has 54 heavy (non-hydrogen) atoms. The van der Waals surface area contributed by atoms with Gasteiger partial charge in [0.1, 0.15) is 0 Å². The SMILES string of the molecule is c1ccc(-c2ccc(N(c3ccc(-c4ccc5cccc(-c6ccccc6-c6ccccc6)c5c4)cc3)c3cccc4sc5ccccc5c34)cc2)cc1. The average Bonchev–Trinajstić information content (AvgIpc) is 3.64. The molecule has 0 unspecified atom stereocenters. The van der Waals surface area contributed by atoms with Gasteiger partial charge in [0.15, 0.2) is 0 Å². The Bertz CT molecular complexity index is 2910. The van der Waals surface area contributed by atoms with Gasteiger partial charge in [-0.3, -0.25) is 0 Å². The van der Waals surface area contributed by atoms with Crippen LogP contribution in [0.15, 0.2) is 212 Å². The molecule has 0 fully saturated rings. The molecule has 0 aliphatic carbocycles. The van der Waals surface area contributed by atoms with Crippen LogP contribution < -0.4 is 4.90 Å². The summed E-state index contributed by atoms with van der Waals surface area (Å²) in [6, 6.07) is 77.1. The fourth-order valence-corrected chi connectivity index (χ4v) is 9.01. The maximum absolute atomic E-state index is 2.42. The molecule has 1 aromatic heterocycles. The third kappa shape index (κ3) is 5.74. The number of rotatable bonds is 7. The Kier molecular flexibility index (Phi) is 8.09. The van der Waals surface area contributed by atoms with Crippen molar-refractivity contribution in [1.29, 1.82) is 0 Å². The normalized spacial score (nSPS) is 11.3. The van der Waals surface area contributed by atoms with Crippen LogP contribution >= 0.6 is 11.3 Å². The molecule has 1 nitrogen and oxygen atoms in total. The molecule has 0 saturated carbocycles. The van der Waals surface area contributed by atoms with Crippen LogP contribution in [-0.2, 0) is 0 Å². The Balaban J connectivity index is 1.08. The molecular weight excluding hydrogens is 671 g/mol. The van der Waals surface area contributed by atoms with Crippen molar-refractivity contribution in [2.75, 3.05) is 4.90 Å². The van der Waals surface area contributed by atoms with Crippen LogP contribution in [0.4, 0.5) is 17.1 Å². The Morgan fingerprint density at radius 3 is 1.59 bits per heavy atom. The van der Waals surface area contributed by atoms with E-state index in [1.807, 2.05) is 11.3 Å². The fraction of sp³-hybridized carbons (Fsp3) is 0. The number of anilines is 3. The second-order valence-electron chi connectivity index (χ2n) is 13.7. The van der Waals surface area contributed by atoms with Crippen LogP contribution in [-0.4, -0.2) is 0 Å². The van der Waals surface area contributed by atoms with Crippen molar-refractivity contribution in [3.63, 3.8) is 0 Å². The Labute approximate surface area is 319 Å². The van der Waals surface area contributed by atoms with Crippen molar-refractivity contribution in [3.05, 3.63) is 212 Å². The highest BCUT2D eigenvalue weighted by Gasteiger charge is 2.19. The van der Waals surface area contributed by atoms with Crippen molar-refractivity contribution < 1.29 is 0 Å². The molecule has 0 N–H and O–H groups in total. The van der Waals surface area contributed by atoms with E-state index in [9.17, 15) is 0 Å². The Morgan fingerprint density at radius 1 is 0.315 bits per heavy atom. The molecule has 0 radical (unpaired) electrons. The van der Waals surface area contributed by atoms with E-state index < -0.39 is 0 Å². The largest absolute Gasteiger partial charge is 0.310 e. The lowest BCUT2D eigenvalue weighted by molar-refractivity contribution is 1.30. The van der Waals surface area contributed by atoms with E-state index in [1.165, 1.54) is 81.1 Å². The van der Waals surface area contributed by atoms with Gasteiger partial charge in [-0.15, -0.1) is 11.3 Å². The molecule has 10 aromatic rings. The van der Waals surface area contributed by atoms with Gasteiger partial charge in [0, 0.05) is 31.5 Å². The second kappa shape index (κ2) is 13.7. The van der Waals surface area contributed by atoms with E-state index in [4.69, 9.17) is 0 Å². The molecule has 1 heterocycles. The zero-order chi connectivity index (χ0) is 35.8. The van der Waals surface area contributed by atoms with E-state index in [-0.39, 0.29) is 0 Å². The maximum Gasteiger partial charge on any atom is 0.0554 e. The number of benzene rings is 9. The molecule has 0 aliphatic rings. The first-order valence-electron chi connectivity index (χ1n) is 18.4. The predicted molar refractivity (Wildman–Crippen MR) is 233 cm³/mol. The van der Waals surface area contributed by atoms with Crippen LogP contribution in [0, 0.1) is 0 Å². The highest BCUT2D eigenvalue weighted by molar-refractivity contribution is 7.26. The van der Waals surface area contributed by atoms with Crippen molar-refractivity contribution in [2.45, 2.75) is 0 Å². The second-order valence-corrected chi connectivity index (χ2v) is 14.8. The van der Waals surface area contributed by atoms with Crippen molar-refractivity contribution >= 4 is 59.3 Å². The van der Waals surface area contributed by atoms with Gasteiger partial charge in [0.05, 0.1) is 5.69 Å². The first-order chi connectivity index (χ1) is 26.8. The van der Waals surface area contributed by atoms with Crippen LogP contribution in [0.25, 0.3) is 75.5 Å². The first kappa shape index (κ1) is 32.0. The van der Waals surface area contributed by atoms with Gasteiger partial charge in [-0.2, -0.15) is 0 Å². The molecule has 0 amide bonds. The van der Waals surface area contributed by atoms with Gasteiger partial charge in [-0.05, 0) is 104 Å². The predicted octanol–water partition coefficient (Wildman–Crippen LogP) is 15.3. The molecule has 0 bridgehead atoms. The average molecular weight is 706 g/mol. The van der Waals surface area contributed by atoms with Crippen LogP contribution in [0.1, 0.15) is 0 Å². The van der Waals surface area contributed by atoms with Gasteiger partial charge < -0.3 is 4.90 Å². The molecule has 9 aromatic carbocycles. The van der Waals surface area contributed by atoms with Gasteiger partial charge in [-0.1, -0.05) is 164 Å². The minimum absolute atomic E-state index is 1.12. The van der Waals surface area contributed by atoms with Gasteiger partial charge in [0.25, 0.3) is 0 Å². The summed E-state index contributed by atoms with van der Waals surface area (Å²) in [6.45, 7) is 0. The van der Waals surface area contributed by atoms with Crippen LogP contribution in [0.3, 0.4) is 0 Å². The Morgan fingerprint density at radius 2 is 0.852 bits per heavy atom. The maximum atomic E-state index is 2.42. The number of fused-ring (bicyclic) bond motifs is 4. The van der Waals surface area contributed by atoms with E-state index in [0.717, 1.165) is 11.4 Å². The molecule has 0 saturated heterocycles. The lowest BCUT2D eigenvalue weighted by Crippen LogP contribution is -2.10. The van der Waals surface area contributed by atoms with Crippen molar-refractivity contribution in [3.8, 4) is 44.5 Å². The molecule has 0 atom stereocenters. The fourth-order valence-electron chi connectivity index (χ4n) is 7.88. The van der Waals surface area contributed by atoms with Crippen molar-refractivity contribution in [2.24, 2.45) is 0 Å². The number of hydrogen-bond donors (Lipinski definition) is 0. The minimum Gasteiger partial charge on any atom is -0.310 e.